The number of ether oxygens (including phenoxy) is 1. The summed E-state index contributed by atoms with van der Waals surface area (Å²) in [5.74, 6) is 1.30. The summed E-state index contributed by atoms with van der Waals surface area (Å²) in [5.41, 5.74) is 6.10. The lowest BCUT2D eigenvalue weighted by molar-refractivity contribution is 0.444. The fraction of sp³-hybridized carbons (Fsp3) is 0.0513. The van der Waals surface area contributed by atoms with Crippen molar-refractivity contribution in [2.24, 2.45) is 0 Å². The number of hydrogen-bond acceptors (Lipinski definition) is 5. The molecule has 0 aliphatic heterocycles. The second-order valence-corrected chi connectivity index (χ2v) is 11.1. The topological polar surface area (TPSA) is 64.9 Å². The van der Waals surface area contributed by atoms with Crippen LogP contribution < -0.4 is 10.1 Å². The van der Waals surface area contributed by atoms with Gasteiger partial charge in [0.05, 0.1) is 12.9 Å². The zero-order valence-electron chi connectivity index (χ0n) is 24.5. The lowest BCUT2D eigenvalue weighted by Crippen LogP contribution is -2.06. The molecule has 8 aromatic rings. The first-order valence-corrected chi connectivity index (χ1v) is 15.0. The van der Waals surface area contributed by atoms with Crippen molar-refractivity contribution < 1.29 is 4.74 Å². The first kappa shape index (κ1) is 26.6. The van der Waals surface area contributed by atoms with Gasteiger partial charge in [-0.2, -0.15) is 9.97 Å². The Kier molecular flexibility index (Phi) is 6.85. The second kappa shape index (κ2) is 11.6. The maximum absolute atomic E-state index is 6.29. The summed E-state index contributed by atoms with van der Waals surface area (Å²) in [7, 11) is 0. The lowest BCUT2D eigenvalue weighted by Gasteiger charge is -2.12. The van der Waals surface area contributed by atoms with E-state index in [-0.39, 0.29) is 6.01 Å². The highest BCUT2D eigenvalue weighted by Crippen LogP contribution is 2.29. The molecule has 6 heteroatoms. The van der Waals surface area contributed by atoms with E-state index in [1.54, 1.807) is 0 Å². The maximum atomic E-state index is 6.29. The number of hydrogen-bond donors (Lipinski definition) is 1. The minimum atomic E-state index is 0.263. The van der Waals surface area contributed by atoms with Gasteiger partial charge >= 0.3 is 6.01 Å². The van der Waals surface area contributed by atoms with E-state index in [1.807, 2.05) is 47.3 Å². The van der Waals surface area contributed by atoms with Crippen LogP contribution in [0.4, 0.5) is 5.82 Å². The highest BCUT2D eigenvalue weighted by molar-refractivity contribution is 5.87. The van der Waals surface area contributed by atoms with E-state index in [9.17, 15) is 0 Å². The second-order valence-electron chi connectivity index (χ2n) is 11.1. The molecule has 0 aliphatic carbocycles. The normalized spacial score (nSPS) is 11.3. The van der Waals surface area contributed by atoms with Gasteiger partial charge in [-0.3, -0.25) is 0 Å². The molecule has 0 radical (unpaired) electrons. The van der Waals surface area contributed by atoms with Gasteiger partial charge in [0, 0.05) is 6.54 Å². The summed E-state index contributed by atoms with van der Waals surface area (Å²) in [4.78, 5) is 14.4. The molecule has 2 aromatic heterocycles. The first-order chi connectivity index (χ1) is 22.3. The van der Waals surface area contributed by atoms with Crippen LogP contribution in [-0.4, -0.2) is 19.5 Å². The van der Waals surface area contributed by atoms with Crippen LogP contribution in [0.5, 0.6) is 11.8 Å². The number of aromatic nitrogens is 4. The van der Waals surface area contributed by atoms with Crippen LogP contribution in [0.2, 0.25) is 0 Å². The van der Waals surface area contributed by atoms with Crippen LogP contribution >= 0.6 is 0 Å². The molecule has 1 N–H and O–H groups in total. The lowest BCUT2D eigenvalue weighted by atomic mass is 10.0. The number of nitrogens with zero attached hydrogens (tertiary/aromatic N) is 4. The summed E-state index contributed by atoms with van der Waals surface area (Å²) in [5, 5.41) is 8.19. The SMILES string of the molecule is c1ccc(-c2ccc(Cn3cnc4c(NCc5cccc6ccccc56)nc(Oc5ccc6ccccc6c5)nc43)cc2)cc1. The van der Waals surface area contributed by atoms with Crippen molar-refractivity contribution in [3.63, 3.8) is 0 Å². The van der Waals surface area contributed by atoms with E-state index in [0.717, 1.165) is 16.3 Å². The fourth-order valence-corrected chi connectivity index (χ4v) is 5.80. The minimum Gasteiger partial charge on any atom is -0.424 e. The quantitative estimate of drug-likeness (QED) is 0.193. The summed E-state index contributed by atoms with van der Waals surface area (Å²) in [6, 6.07) is 48.3. The Morgan fingerprint density at radius 1 is 0.622 bits per heavy atom. The van der Waals surface area contributed by atoms with E-state index in [1.165, 1.54) is 27.5 Å². The Balaban J connectivity index is 1.14. The standard InChI is InChI=1S/C39H29N5O/c1-2-9-28(10-3-1)30-19-17-27(18-20-30)25-44-26-41-36-37(40-24-33-15-8-14-31-12-6-7-16-35(31)33)42-39(43-38(36)44)45-34-22-21-29-11-4-5-13-32(29)23-34/h1-23,26H,24-25H2,(H,40,42,43). The molecule has 8 rings (SSSR count). The molecule has 0 saturated heterocycles. The number of nitrogens with one attached hydrogen (secondary N) is 1. The Morgan fingerprint density at radius 2 is 1.36 bits per heavy atom. The van der Waals surface area contributed by atoms with Crippen LogP contribution in [0, 0.1) is 0 Å². The highest BCUT2D eigenvalue weighted by atomic mass is 16.5. The van der Waals surface area contributed by atoms with E-state index in [2.05, 4.69) is 108 Å². The van der Waals surface area contributed by atoms with Crippen LogP contribution in [0.1, 0.15) is 11.1 Å². The third-order valence-corrected chi connectivity index (χ3v) is 8.11. The number of anilines is 1. The molecule has 0 atom stereocenters. The summed E-state index contributed by atoms with van der Waals surface area (Å²) < 4.78 is 8.34. The summed E-state index contributed by atoms with van der Waals surface area (Å²) >= 11 is 0. The number of rotatable bonds is 8. The summed E-state index contributed by atoms with van der Waals surface area (Å²) in [6.07, 6.45) is 1.83. The average molecular weight is 584 g/mol. The molecule has 45 heavy (non-hydrogen) atoms. The van der Waals surface area contributed by atoms with Crippen molar-refractivity contribution in [2.45, 2.75) is 13.1 Å². The van der Waals surface area contributed by atoms with Gasteiger partial charge in [0.25, 0.3) is 0 Å². The minimum absolute atomic E-state index is 0.263. The van der Waals surface area contributed by atoms with Gasteiger partial charge in [-0.15, -0.1) is 0 Å². The maximum Gasteiger partial charge on any atom is 0.326 e. The predicted octanol–water partition coefficient (Wildman–Crippen LogP) is 9.25. The zero-order valence-corrected chi connectivity index (χ0v) is 24.5. The van der Waals surface area contributed by atoms with Crippen molar-refractivity contribution >= 4 is 38.5 Å². The van der Waals surface area contributed by atoms with Crippen molar-refractivity contribution in [1.29, 1.82) is 0 Å². The highest BCUT2D eigenvalue weighted by Gasteiger charge is 2.16. The third-order valence-electron chi connectivity index (χ3n) is 8.11. The molecule has 6 aromatic carbocycles. The Labute approximate surface area is 260 Å². The number of benzene rings is 6. The molecule has 0 unspecified atom stereocenters. The predicted molar refractivity (Wildman–Crippen MR) is 182 cm³/mol. The molecule has 216 valence electrons. The Bertz CT molecular complexity index is 2270. The number of fused-ring (bicyclic) bond motifs is 3. The molecular formula is C39H29N5O. The van der Waals surface area contributed by atoms with Crippen LogP contribution in [0.15, 0.2) is 146 Å². The molecule has 0 saturated carbocycles. The van der Waals surface area contributed by atoms with Gasteiger partial charge in [-0.1, -0.05) is 127 Å². The van der Waals surface area contributed by atoms with Gasteiger partial charge in [0.2, 0.25) is 0 Å². The molecule has 0 spiro atoms. The largest absolute Gasteiger partial charge is 0.424 e. The first-order valence-electron chi connectivity index (χ1n) is 15.0. The van der Waals surface area contributed by atoms with Crippen LogP contribution in [0.25, 0.3) is 43.8 Å². The Hall–Kier alpha value is -6.01. The van der Waals surface area contributed by atoms with Crippen LogP contribution in [-0.2, 0) is 13.1 Å². The van der Waals surface area contributed by atoms with Crippen molar-refractivity contribution in [3.05, 3.63) is 157 Å². The van der Waals surface area contributed by atoms with Crippen molar-refractivity contribution in [1.82, 2.24) is 19.5 Å². The smallest absolute Gasteiger partial charge is 0.326 e. The van der Waals surface area contributed by atoms with E-state index in [4.69, 9.17) is 19.7 Å². The molecule has 0 fully saturated rings. The monoisotopic (exact) mass is 583 g/mol. The van der Waals surface area contributed by atoms with Gasteiger partial charge in [-0.25, -0.2) is 4.98 Å². The molecule has 0 amide bonds. The molecule has 0 bridgehead atoms. The van der Waals surface area contributed by atoms with E-state index >= 15 is 0 Å². The fourth-order valence-electron chi connectivity index (χ4n) is 5.80. The van der Waals surface area contributed by atoms with E-state index in [0.29, 0.717) is 35.8 Å². The van der Waals surface area contributed by atoms with Crippen LogP contribution in [0.3, 0.4) is 0 Å². The van der Waals surface area contributed by atoms with Gasteiger partial charge < -0.3 is 14.6 Å². The summed E-state index contributed by atoms with van der Waals surface area (Å²) in [6.45, 7) is 1.19. The molecular weight excluding hydrogens is 554 g/mol. The molecule has 2 heterocycles. The van der Waals surface area contributed by atoms with Gasteiger partial charge in [0.1, 0.15) is 5.75 Å². The average Bonchev–Trinajstić information content (AvgIpc) is 3.50. The van der Waals surface area contributed by atoms with Crippen molar-refractivity contribution in [3.8, 4) is 22.9 Å². The zero-order chi connectivity index (χ0) is 30.0. The van der Waals surface area contributed by atoms with E-state index < -0.39 is 0 Å². The Morgan fingerprint density at radius 3 is 2.22 bits per heavy atom. The van der Waals surface area contributed by atoms with Gasteiger partial charge in [0.15, 0.2) is 17.0 Å². The van der Waals surface area contributed by atoms with Crippen molar-refractivity contribution in [2.75, 3.05) is 5.32 Å². The third kappa shape index (κ3) is 5.45. The molecule has 0 aliphatic rings. The molecule has 6 nitrogen and oxygen atoms in total. The number of imidazole rings is 1. The van der Waals surface area contributed by atoms with Gasteiger partial charge in [-0.05, 0) is 55.9 Å².